The highest BCUT2D eigenvalue weighted by Crippen LogP contribution is 2.18. The minimum Gasteiger partial charge on any atom is -0.497 e. The van der Waals surface area contributed by atoms with E-state index in [4.69, 9.17) is 4.74 Å². The van der Waals surface area contributed by atoms with Crippen molar-refractivity contribution < 1.29 is 22.7 Å². The summed E-state index contributed by atoms with van der Waals surface area (Å²) >= 11 is 0. The van der Waals surface area contributed by atoms with E-state index in [0.29, 0.717) is 25.9 Å². The fourth-order valence-corrected chi connectivity index (χ4v) is 2.61. The molecule has 1 aliphatic rings. The van der Waals surface area contributed by atoms with E-state index in [2.05, 4.69) is 0 Å². The summed E-state index contributed by atoms with van der Waals surface area (Å²) in [4.78, 5) is 15.1. The highest BCUT2D eigenvalue weighted by atomic mass is 19.4. The average molecular weight is 330 g/mol. The van der Waals surface area contributed by atoms with Crippen LogP contribution in [0, 0.1) is 0 Å². The van der Waals surface area contributed by atoms with Crippen LogP contribution in [0.1, 0.15) is 12.0 Å². The van der Waals surface area contributed by atoms with Crippen molar-refractivity contribution >= 4 is 5.91 Å². The number of methoxy groups -OCH3 is 1. The molecular weight excluding hydrogens is 309 g/mol. The summed E-state index contributed by atoms with van der Waals surface area (Å²) in [5, 5.41) is 0. The number of hydrogen-bond donors (Lipinski definition) is 0. The molecule has 1 aromatic rings. The van der Waals surface area contributed by atoms with E-state index < -0.39 is 12.7 Å². The molecule has 0 aliphatic carbocycles. The first-order valence-corrected chi connectivity index (χ1v) is 7.57. The number of benzene rings is 1. The topological polar surface area (TPSA) is 32.8 Å². The van der Waals surface area contributed by atoms with Gasteiger partial charge in [-0.3, -0.25) is 9.69 Å². The molecule has 23 heavy (non-hydrogen) atoms. The van der Waals surface area contributed by atoms with Gasteiger partial charge in [-0.05, 0) is 24.1 Å². The second-order valence-corrected chi connectivity index (χ2v) is 5.62. The van der Waals surface area contributed by atoms with Gasteiger partial charge in [-0.25, -0.2) is 0 Å². The minimum atomic E-state index is -4.18. The summed E-state index contributed by atoms with van der Waals surface area (Å²) in [6, 6.07) is 7.51. The second kappa shape index (κ2) is 7.68. The lowest BCUT2D eigenvalue weighted by Gasteiger charge is -2.35. The molecule has 2 rings (SSSR count). The first kappa shape index (κ1) is 17.6. The third kappa shape index (κ3) is 5.74. The lowest BCUT2D eigenvalue weighted by molar-refractivity contribution is -0.151. The zero-order valence-electron chi connectivity index (χ0n) is 13.1. The molecule has 4 nitrogen and oxygen atoms in total. The molecule has 0 aromatic heterocycles. The normalized spacial score (nSPS) is 16.4. The number of carbonyl (C=O) groups excluding carboxylic acids is 1. The molecule has 0 bridgehead atoms. The monoisotopic (exact) mass is 330 g/mol. The molecule has 0 N–H and O–H groups in total. The highest BCUT2D eigenvalue weighted by molar-refractivity contribution is 5.76. The summed E-state index contributed by atoms with van der Waals surface area (Å²) in [7, 11) is 1.59. The number of piperazine rings is 1. The number of ether oxygens (including phenoxy) is 1. The van der Waals surface area contributed by atoms with E-state index in [1.807, 2.05) is 24.3 Å². The number of carbonyl (C=O) groups is 1. The van der Waals surface area contributed by atoms with Crippen molar-refractivity contribution in [2.45, 2.75) is 19.0 Å². The zero-order valence-corrected chi connectivity index (χ0v) is 13.1. The van der Waals surface area contributed by atoms with E-state index >= 15 is 0 Å². The number of aryl methyl sites for hydroxylation is 1. The van der Waals surface area contributed by atoms with Gasteiger partial charge in [-0.2, -0.15) is 13.2 Å². The Labute approximate surface area is 133 Å². The van der Waals surface area contributed by atoms with Gasteiger partial charge in [0.2, 0.25) is 5.91 Å². The van der Waals surface area contributed by atoms with Crippen molar-refractivity contribution in [1.29, 1.82) is 0 Å². The van der Waals surface area contributed by atoms with Crippen LogP contribution in [0.15, 0.2) is 24.3 Å². The Bertz CT molecular complexity index is 509. The molecule has 1 saturated heterocycles. The van der Waals surface area contributed by atoms with Gasteiger partial charge in [-0.15, -0.1) is 0 Å². The van der Waals surface area contributed by atoms with Crippen LogP contribution < -0.4 is 4.74 Å². The summed E-state index contributed by atoms with van der Waals surface area (Å²) < 4.78 is 42.1. The Hall–Kier alpha value is -1.76. The molecule has 7 heteroatoms. The summed E-state index contributed by atoms with van der Waals surface area (Å²) in [6.07, 6.45) is -3.20. The van der Waals surface area contributed by atoms with Crippen LogP contribution in [0.25, 0.3) is 0 Å². The predicted molar refractivity (Wildman–Crippen MR) is 80.4 cm³/mol. The molecule has 0 saturated carbocycles. The maximum Gasteiger partial charge on any atom is 0.401 e. The molecule has 0 unspecified atom stereocenters. The Morgan fingerprint density at radius 1 is 1.13 bits per heavy atom. The molecule has 1 amide bonds. The molecule has 1 aliphatic heterocycles. The van der Waals surface area contributed by atoms with E-state index in [0.717, 1.165) is 11.3 Å². The molecule has 0 atom stereocenters. The van der Waals surface area contributed by atoms with Crippen molar-refractivity contribution in [3.8, 4) is 5.75 Å². The van der Waals surface area contributed by atoms with Crippen molar-refractivity contribution in [3.05, 3.63) is 29.8 Å². The Morgan fingerprint density at radius 3 is 2.26 bits per heavy atom. The van der Waals surface area contributed by atoms with Gasteiger partial charge >= 0.3 is 6.18 Å². The van der Waals surface area contributed by atoms with Crippen LogP contribution >= 0.6 is 0 Å². The van der Waals surface area contributed by atoms with Crippen molar-refractivity contribution in [3.63, 3.8) is 0 Å². The average Bonchev–Trinajstić information content (AvgIpc) is 2.52. The standard InChI is InChI=1S/C16H21F3N2O2/c1-23-14-5-2-13(3-6-14)4-7-15(22)21-10-8-20(9-11-21)12-16(17,18)19/h2-3,5-6H,4,7-12H2,1H3. The van der Waals surface area contributed by atoms with Crippen LogP contribution in [0.4, 0.5) is 13.2 Å². The third-order valence-corrected chi connectivity index (χ3v) is 3.91. The number of hydrogen-bond acceptors (Lipinski definition) is 3. The Morgan fingerprint density at radius 2 is 1.74 bits per heavy atom. The van der Waals surface area contributed by atoms with Gasteiger partial charge < -0.3 is 9.64 Å². The largest absolute Gasteiger partial charge is 0.497 e. The fourth-order valence-electron chi connectivity index (χ4n) is 2.61. The quantitative estimate of drug-likeness (QED) is 0.831. The maximum absolute atomic E-state index is 12.3. The predicted octanol–water partition coefficient (Wildman–Crippen LogP) is 2.33. The molecule has 1 fully saturated rings. The summed E-state index contributed by atoms with van der Waals surface area (Å²) in [5.74, 6) is 0.758. The van der Waals surface area contributed by atoms with E-state index in [9.17, 15) is 18.0 Å². The van der Waals surface area contributed by atoms with Crippen molar-refractivity contribution in [2.24, 2.45) is 0 Å². The number of amides is 1. The number of rotatable bonds is 5. The fraction of sp³-hybridized carbons (Fsp3) is 0.562. The SMILES string of the molecule is COc1ccc(CCC(=O)N2CCN(CC(F)(F)F)CC2)cc1. The van der Waals surface area contributed by atoms with Gasteiger partial charge in [-0.1, -0.05) is 12.1 Å². The highest BCUT2D eigenvalue weighted by Gasteiger charge is 2.32. The van der Waals surface area contributed by atoms with Gasteiger partial charge in [0, 0.05) is 32.6 Å². The van der Waals surface area contributed by atoms with Crippen molar-refractivity contribution in [2.75, 3.05) is 39.8 Å². The van der Waals surface area contributed by atoms with Crippen molar-refractivity contribution in [1.82, 2.24) is 9.80 Å². The molecule has 1 aromatic carbocycles. The molecule has 128 valence electrons. The third-order valence-electron chi connectivity index (χ3n) is 3.91. The first-order valence-electron chi connectivity index (χ1n) is 7.57. The summed E-state index contributed by atoms with van der Waals surface area (Å²) in [6.45, 7) is 0.359. The van der Waals surface area contributed by atoms with Crippen LogP contribution in [-0.2, 0) is 11.2 Å². The van der Waals surface area contributed by atoms with Gasteiger partial charge in [0.1, 0.15) is 5.75 Å². The first-order chi connectivity index (χ1) is 10.9. The maximum atomic E-state index is 12.3. The molecule has 1 heterocycles. The molecule has 0 radical (unpaired) electrons. The number of halogens is 3. The lowest BCUT2D eigenvalue weighted by Crippen LogP contribution is -2.50. The van der Waals surface area contributed by atoms with Crippen LogP contribution in [0.2, 0.25) is 0 Å². The van der Waals surface area contributed by atoms with Gasteiger partial charge in [0.05, 0.1) is 13.7 Å². The van der Waals surface area contributed by atoms with Crippen LogP contribution in [0.3, 0.4) is 0 Å². The smallest absolute Gasteiger partial charge is 0.401 e. The Balaban J connectivity index is 1.74. The Kier molecular flexibility index (Phi) is 5.87. The molecule has 0 spiro atoms. The minimum absolute atomic E-state index is 0.00697. The van der Waals surface area contributed by atoms with Gasteiger partial charge in [0.15, 0.2) is 0 Å². The zero-order chi connectivity index (χ0) is 16.9. The van der Waals surface area contributed by atoms with E-state index in [-0.39, 0.29) is 19.0 Å². The summed E-state index contributed by atoms with van der Waals surface area (Å²) in [5.41, 5.74) is 1.04. The van der Waals surface area contributed by atoms with Gasteiger partial charge in [0.25, 0.3) is 0 Å². The molecular formula is C16H21F3N2O2. The van der Waals surface area contributed by atoms with Crippen LogP contribution in [0.5, 0.6) is 5.75 Å². The number of nitrogens with zero attached hydrogens (tertiary/aromatic N) is 2. The van der Waals surface area contributed by atoms with E-state index in [1.54, 1.807) is 12.0 Å². The number of alkyl halides is 3. The van der Waals surface area contributed by atoms with Crippen LogP contribution in [-0.4, -0.2) is 61.7 Å². The lowest BCUT2D eigenvalue weighted by atomic mass is 10.1. The second-order valence-electron chi connectivity index (χ2n) is 5.62. The van der Waals surface area contributed by atoms with E-state index in [1.165, 1.54) is 4.90 Å².